The fourth-order valence-corrected chi connectivity index (χ4v) is 2.24. The van der Waals surface area contributed by atoms with Crippen LogP contribution in [0.15, 0.2) is 53.5 Å². The van der Waals surface area contributed by atoms with Crippen LogP contribution in [-0.4, -0.2) is 33.2 Å². The second-order valence-electron chi connectivity index (χ2n) is 5.21. The van der Waals surface area contributed by atoms with Gasteiger partial charge in [-0.1, -0.05) is 6.07 Å². The Hall–Kier alpha value is -3.60. The van der Waals surface area contributed by atoms with E-state index < -0.39 is 0 Å². The van der Waals surface area contributed by atoms with Gasteiger partial charge in [0.25, 0.3) is 5.91 Å². The molecule has 3 aromatic rings. The molecule has 3 rings (SSSR count). The highest BCUT2D eigenvalue weighted by Gasteiger charge is 2.07. The van der Waals surface area contributed by atoms with E-state index >= 15 is 0 Å². The maximum absolute atomic E-state index is 12.1. The molecule has 8 heteroatoms. The van der Waals surface area contributed by atoms with Gasteiger partial charge in [-0.3, -0.25) is 9.20 Å². The van der Waals surface area contributed by atoms with Crippen LogP contribution >= 0.6 is 0 Å². The van der Waals surface area contributed by atoms with E-state index in [1.807, 2.05) is 6.07 Å². The Morgan fingerprint density at radius 3 is 2.76 bits per heavy atom. The molecule has 1 amide bonds. The molecule has 0 saturated heterocycles. The van der Waals surface area contributed by atoms with Crippen LogP contribution in [0.2, 0.25) is 0 Å². The van der Waals surface area contributed by atoms with Crippen LogP contribution < -0.4 is 15.7 Å². The number of benzene rings is 1. The number of carbonyl (C=O) groups excluding carboxylic acids is 1. The minimum absolute atomic E-state index is 0.147. The summed E-state index contributed by atoms with van der Waals surface area (Å²) in [5, 5.41) is 15.6. The van der Waals surface area contributed by atoms with Crippen molar-refractivity contribution in [3.8, 4) is 11.8 Å². The number of fused-ring (bicyclic) bond motifs is 1. The molecule has 8 nitrogen and oxygen atoms in total. The lowest BCUT2D eigenvalue weighted by Crippen LogP contribution is -2.34. The number of carbonyl (C=O) groups is 1. The zero-order valence-corrected chi connectivity index (χ0v) is 13.3. The number of ether oxygens (including phenoxy) is 1. The van der Waals surface area contributed by atoms with Gasteiger partial charge in [-0.15, -0.1) is 5.10 Å². The number of nitrogens with zero attached hydrogens (tertiary/aromatic N) is 4. The summed E-state index contributed by atoms with van der Waals surface area (Å²) in [5.41, 5.74) is 0.830. The Morgan fingerprint density at radius 1 is 1.24 bits per heavy atom. The summed E-state index contributed by atoms with van der Waals surface area (Å²) in [6, 6.07) is 13.8. The monoisotopic (exact) mass is 337 g/mol. The number of nitriles is 1. The molecule has 1 aromatic carbocycles. The molecule has 0 fully saturated rings. The van der Waals surface area contributed by atoms with Crippen molar-refractivity contribution in [3.63, 3.8) is 0 Å². The molecule has 0 bridgehead atoms. The van der Waals surface area contributed by atoms with Crippen molar-refractivity contribution in [2.75, 3.05) is 13.2 Å². The Kier molecular flexibility index (Phi) is 4.76. The largest absolute Gasteiger partial charge is 0.484 e. The second kappa shape index (κ2) is 7.31. The lowest BCUT2D eigenvalue weighted by Gasteiger charge is -2.07. The molecule has 126 valence electrons. The highest BCUT2D eigenvalue weighted by atomic mass is 16.5. The van der Waals surface area contributed by atoms with Gasteiger partial charge in [-0.05, 0) is 36.4 Å². The molecule has 0 radical (unpaired) electrons. The molecule has 2 aromatic heterocycles. The van der Waals surface area contributed by atoms with Gasteiger partial charge in [0, 0.05) is 12.7 Å². The van der Waals surface area contributed by atoms with Gasteiger partial charge >= 0.3 is 5.69 Å². The topological polar surface area (TPSA) is 101 Å². The van der Waals surface area contributed by atoms with Crippen LogP contribution in [0.5, 0.6) is 5.75 Å². The van der Waals surface area contributed by atoms with Crippen LogP contribution in [0.4, 0.5) is 0 Å². The van der Waals surface area contributed by atoms with E-state index in [-0.39, 0.29) is 31.3 Å². The van der Waals surface area contributed by atoms with Crippen molar-refractivity contribution >= 4 is 11.6 Å². The van der Waals surface area contributed by atoms with Crippen LogP contribution in [0.3, 0.4) is 0 Å². The lowest BCUT2D eigenvalue weighted by atomic mass is 10.2. The molecule has 0 spiro atoms. The molecule has 0 aliphatic carbocycles. The minimum atomic E-state index is -0.304. The molecule has 0 atom stereocenters. The Morgan fingerprint density at radius 2 is 2.04 bits per heavy atom. The van der Waals surface area contributed by atoms with Crippen LogP contribution in [0.25, 0.3) is 5.65 Å². The number of hydrogen-bond acceptors (Lipinski definition) is 5. The summed E-state index contributed by atoms with van der Waals surface area (Å²) in [6.45, 7) is 0.383. The van der Waals surface area contributed by atoms with Crippen LogP contribution in [-0.2, 0) is 11.3 Å². The molecule has 25 heavy (non-hydrogen) atoms. The van der Waals surface area contributed by atoms with E-state index in [0.717, 1.165) is 0 Å². The number of hydrogen-bond donors (Lipinski definition) is 1. The number of aromatic nitrogens is 3. The second-order valence-corrected chi connectivity index (χ2v) is 5.21. The summed E-state index contributed by atoms with van der Waals surface area (Å²) < 4.78 is 8.08. The number of pyridine rings is 1. The molecular formula is C17H15N5O3. The summed E-state index contributed by atoms with van der Waals surface area (Å²) in [7, 11) is 0. The fourth-order valence-electron chi connectivity index (χ4n) is 2.24. The van der Waals surface area contributed by atoms with Crippen molar-refractivity contribution in [1.82, 2.24) is 19.5 Å². The van der Waals surface area contributed by atoms with E-state index in [9.17, 15) is 9.59 Å². The van der Waals surface area contributed by atoms with Gasteiger partial charge in [0.15, 0.2) is 12.3 Å². The van der Waals surface area contributed by atoms with Gasteiger partial charge in [0.1, 0.15) is 5.75 Å². The maximum atomic E-state index is 12.1. The summed E-state index contributed by atoms with van der Waals surface area (Å²) in [4.78, 5) is 23.9. The Balaban J connectivity index is 1.48. The van der Waals surface area contributed by atoms with Gasteiger partial charge in [-0.2, -0.15) is 5.26 Å². The first kappa shape index (κ1) is 16.3. The van der Waals surface area contributed by atoms with E-state index in [1.165, 1.54) is 9.08 Å². The van der Waals surface area contributed by atoms with Gasteiger partial charge < -0.3 is 10.1 Å². The van der Waals surface area contributed by atoms with Crippen molar-refractivity contribution in [3.05, 3.63) is 64.7 Å². The van der Waals surface area contributed by atoms with Crippen LogP contribution in [0.1, 0.15) is 5.56 Å². The third-order valence-corrected chi connectivity index (χ3v) is 3.49. The molecule has 0 saturated carbocycles. The molecule has 2 heterocycles. The lowest BCUT2D eigenvalue weighted by molar-refractivity contribution is -0.123. The smallest absolute Gasteiger partial charge is 0.350 e. The highest BCUT2D eigenvalue weighted by Crippen LogP contribution is 2.11. The Labute approximate surface area is 142 Å². The van der Waals surface area contributed by atoms with Gasteiger partial charge in [0.05, 0.1) is 18.2 Å². The third kappa shape index (κ3) is 3.84. The van der Waals surface area contributed by atoms with Crippen molar-refractivity contribution in [2.45, 2.75) is 6.54 Å². The maximum Gasteiger partial charge on any atom is 0.350 e. The predicted molar refractivity (Wildman–Crippen MR) is 89.1 cm³/mol. The predicted octanol–water partition coefficient (Wildman–Crippen LogP) is 0.563. The first-order valence-corrected chi connectivity index (χ1v) is 7.61. The van der Waals surface area contributed by atoms with Crippen LogP contribution in [0, 0.1) is 11.3 Å². The summed E-state index contributed by atoms with van der Waals surface area (Å²) >= 11 is 0. The Bertz CT molecular complexity index is 982. The number of rotatable bonds is 6. The zero-order valence-electron chi connectivity index (χ0n) is 13.3. The van der Waals surface area contributed by atoms with E-state index in [2.05, 4.69) is 10.4 Å². The number of nitrogens with one attached hydrogen (secondary N) is 1. The van der Waals surface area contributed by atoms with Crippen molar-refractivity contribution in [1.29, 1.82) is 5.26 Å². The van der Waals surface area contributed by atoms with Gasteiger partial charge in [-0.25, -0.2) is 9.48 Å². The quantitative estimate of drug-likeness (QED) is 0.708. The number of amides is 1. The fraction of sp³-hybridized carbons (Fsp3) is 0.176. The normalized spacial score (nSPS) is 10.4. The molecule has 0 aliphatic heterocycles. The molecule has 1 N–H and O–H groups in total. The SMILES string of the molecule is N#Cc1ccc(OCC(=O)NCCn2nc3ccccn3c2=O)cc1. The average molecular weight is 337 g/mol. The minimum Gasteiger partial charge on any atom is -0.484 e. The summed E-state index contributed by atoms with van der Waals surface area (Å²) in [6.07, 6.45) is 1.64. The average Bonchev–Trinajstić information content (AvgIpc) is 2.97. The van der Waals surface area contributed by atoms with E-state index in [1.54, 1.807) is 48.7 Å². The zero-order chi connectivity index (χ0) is 17.6. The molecular weight excluding hydrogens is 322 g/mol. The van der Waals surface area contributed by atoms with Crippen molar-refractivity contribution in [2.24, 2.45) is 0 Å². The van der Waals surface area contributed by atoms with E-state index in [0.29, 0.717) is 17.0 Å². The third-order valence-electron chi connectivity index (χ3n) is 3.49. The molecule has 0 aliphatic rings. The molecule has 0 unspecified atom stereocenters. The first-order valence-electron chi connectivity index (χ1n) is 7.61. The standard InChI is InChI=1S/C17H15N5O3/c18-11-13-4-6-14(7-5-13)25-12-16(23)19-8-10-22-17(24)21-9-2-1-3-15(21)20-22/h1-7,9H,8,10,12H2,(H,19,23). The first-order chi connectivity index (χ1) is 12.2. The van der Waals surface area contributed by atoms with Crippen molar-refractivity contribution < 1.29 is 9.53 Å². The van der Waals surface area contributed by atoms with E-state index in [4.69, 9.17) is 10.00 Å². The van der Waals surface area contributed by atoms with Gasteiger partial charge in [0.2, 0.25) is 0 Å². The highest BCUT2D eigenvalue weighted by molar-refractivity contribution is 5.77. The summed E-state index contributed by atoms with van der Waals surface area (Å²) in [5.74, 6) is 0.201.